The average Bonchev–Trinajstić information content (AvgIpc) is 2.41. The summed E-state index contributed by atoms with van der Waals surface area (Å²) in [7, 11) is 0. The van der Waals surface area contributed by atoms with Gasteiger partial charge in [0.05, 0.1) is 19.8 Å². The third-order valence-electron chi connectivity index (χ3n) is 2.96. The summed E-state index contributed by atoms with van der Waals surface area (Å²) in [6, 6.07) is 4.19. The van der Waals surface area contributed by atoms with Crippen LogP contribution in [0.5, 0.6) is 5.75 Å². The number of hydrogen-bond donors (Lipinski definition) is 1. The SMILES string of the molecule is OCc1cc(F)ccc1OCCN1CCOCC1. The Labute approximate surface area is 106 Å². The molecular weight excluding hydrogens is 237 g/mol. The molecule has 5 heteroatoms. The van der Waals surface area contributed by atoms with E-state index in [1.165, 1.54) is 12.1 Å². The second kappa shape index (κ2) is 6.68. The smallest absolute Gasteiger partial charge is 0.125 e. The van der Waals surface area contributed by atoms with Crippen molar-refractivity contribution in [3.05, 3.63) is 29.6 Å². The van der Waals surface area contributed by atoms with Crippen molar-refractivity contribution in [2.75, 3.05) is 39.5 Å². The number of hydrogen-bond acceptors (Lipinski definition) is 4. The largest absolute Gasteiger partial charge is 0.492 e. The highest BCUT2D eigenvalue weighted by Crippen LogP contribution is 2.19. The Hall–Kier alpha value is -1.17. The molecule has 0 aliphatic carbocycles. The molecule has 2 rings (SSSR count). The van der Waals surface area contributed by atoms with E-state index >= 15 is 0 Å². The second-order valence-electron chi connectivity index (χ2n) is 4.21. The monoisotopic (exact) mass is 255 g/mol. The molecule has 100 valence electrons. The van der Waals surface area contributed by atoms with E-state index < -0.39 is 0 Å². The highest BCUT2D eigenvalue weighted by atomic mass is 19.1. The van der Waals surface area contributed by atoms with Gasteiger partial charge in [0.15, 0.2) is 0 Å². The lowest BCUT2D eigenvalue weighted by atomic mass is 10.2. The normalized spacial score (nSPS) is 16.8. The molecule has 1 N–H and O–H groups in total. The van der Waals surface area contributed by atoms with Gasteiger partial charge in [0.2, 0.25) is 0 Å². The lowest BCUT2D eigenvalue weighted by molar-refractivity contribution is 0.0321. The van der Waals surface area contributed by atoms with Crippen LogP contribution in [0.15, 0.2) is 18.2 Å². The molecule has 0 spiro atoms. The number of halogens is 1. The molecule has 0 amide bonds. The van der Waals surface area contributed by atoms with Crippen LogP contribution in [0.3, 0.4) is 0 Å². The minimum Gasteiger partial charge on any atom is -0.492 e. The van der Waals surface area contributed by atoms with Gasteiger partial charge in [0.25, 0.3) is 0 Å². The van der Waals surface area contributed by atoms with Crippen molar-refractivity contribution >= 4 is 0 Å². The Kier molecular flexibility index (Phi) is 4.92. The number of aliphatic hydroxyl groups is 1. The molecule has 0 unspecified atom stereocenters. The Morgan fingerprint density at radius 2 is 2.11 bits per heavy atom. The van der Waals surface area contributed by atoms with Crippen molar-refractivity contribution < 1.29 is 19.0 Å². The lowest BCUT2D eigenvalue weighted by Crippen LogP contribution is -2.38. The maximum atomic E-state index is 13.0. The maximum Gasteiger partial charge on any atom is 0.125 e. The van der Waals surface area contributed by atoms with Crippen LogP contribution in [0.1, 0.15) is 5.56 Å². The fraction of sp³-hybridized carbons (Fsp3) is 0.538. The molecule has 1 heterocycles. The second-order valence-corrected chi connectivity index (χ2v) is 4.21. The van der Waals surface area contributed by atoms with Gasteiger partial charge in [-0.05, 0) is 18.2 Å². The van der Waals surface area contributed by atoms with E-state index in [4.69, 9.17) is 14.6 Å². The summed E-state index contributed by atoms with van der Waals surface area (Å²) >= 11 is 0. The molecule has 1 saturated heterocycles. The Morgan fingerprint density at radius 1 is 1.33 bits per heavy atom. The fourth-order valence-electron chi connectivity index (χ4n) is 1.92. The zero-order chi connectivity index (χ0) is 12.8. The van der Waals surface area contributed by atoms with Crippen molar-refractivity contribution in [1.29, 1.82) is 0 Å². The molecule has 0 aromatic heterocycles. The quantitative estimate of drug-likeness (QED) is 0.853. The standard InChI is InChI=1S/C13H18FNO3/c14-12-1-2-13(11(9-12)10-16)18-8-5-15-3-6-17-7-4-15/h1-2,9,16H,3-8,10H2. The van der Waals surface area contributed by atoms with Gasteiger partial charge >= 0.3 is 0 Å². The van der Waals surface area contributed by atoms with Crippen LogP contribution in [0, 0.1) is 5.82 Å². The van der Waals surface area contributed by atoms with Crippen LogP contribution in [0.4, 0.5) is 4.39 Å². The third kappa shape index (κ3) is 3.66. The van der Waals surface area contributed by atoms with Gasteiger partial charge in [-0.1, -0.05) is 0 Å². The van der Waals surface area contributed by atoms with Crippen LogP contribution in [0.2, 0.25) is 0 Å². The van der Waals surface area contributed by atoms with Crippen LogP contribution in [-0.4, -0.2) is 49.5 Å². The van der Waals surface area contributed by atoms with Gasteiger partial charge in [-0.3, -0.25) is 4.90 Å². The molecule has 0 bridgehead atoms. The van der Waals surface area contributed by atoms with Crippen LogP contribution < -0.4 is 4.74 Å². The first kappa shape index (κ1) is 13.3. The van der Waals surface area contributed by atoms with Crippen molar-refractivity contribution in [1.82, 2.24) is 4.90 Å². The van der Waals surface area contributed by atoms with E-state index in [0.29, 0.717) is 17.9 Å². The van der Waals surface area contributed by atoms with E-state index in [1.54, 1.807) is 6.07 Å². The number of benzene rings is 1. The summed E-state index contributed by atoms with van der Waals surface area (Å²) in [5.41, 5.74) is 0.483. The topological polar surface area (TPSA) is 41.9 Å². The number of rotatable bonds is 5. The summed E-state index contributed by atoms with van der Waals surface area (Å²) in [4.78, 5) is 2.26. The molecule has 1 aromatic rings. The average molecular weight is 255 g/mol. The van der Waals surface area contributed by atoms with E-state index in [9.17, 15) is 4.39 Å². The van der Waals surface area contributed by atoms with Crippen molar-refractivity contribution in [3.8, 4) is 5.75 Å². The van der Waals surface area contributed by atoms with Gasteiger partial charge in [-0.2, -0.15) is 0 Å². The first-order chi connectivity index (χ1) is 8.79. The molecule has 18 heavy (non-hydrogen) atoms. The summed E-state index contributed by atoms with van der Waals surface area (Å²) < 4.78 is 23.8. The van der Waals surface area contributed by atoms with Crippen molar-refractivity contribution in [2.24, 2.45) is 0 Å². The number of ether oxygens (including phenoxy) is 2. The van der Waals surface area contributed by atoms with Gasteiger partial charge in [-0.15, -0.1) is 0 Å². The molecule has 1 aromatic carbocycles. The minimum atomic E-state index is -0.362. The summed E-state index contributed by atoms with van der Waals surface area (Å²) in [6.45, 7) is 4.48. The maximum absolute atomic E-state index is 13.0. The van der Waals surface area contributed by atoms with E-state index in [1.807, 2.05) is 0 Å². The summed E-state index contributed by atoms with van der Waals surface area (Å²) in [5, 5.41) is 9.12. The molecule has 1 fully saturated rings. The van der Waals surface area contributed by atoms with E-state index in [0.717, 1.165) is 32.8 Å². The highest BCUT2D eigenvalue weighted by Gasteiger charge is 2.10. The highest BCUT2D eigenvalue weighted by molar-refractivity contribution is 5.33. The Balaban J connectivity index is 1.82. The number of morpholine rings is 1. The van der Waals surface area contributed by atoms with Gasteiger partial charge in [-0.25, -0.2) is 4.39 Å². The van der Waals surface area contributed by atoms with Gasteiger partial charge in [0.1, 0.15) is 18.2 Å². The number of aliphatic hydroxyl groups excluding tert-OH is 1. The number of nitrogens with zero attached hydrogens (tertiary/aromatic N) is 1. The molecule has 0 saturated carbocycles. The van der Waals surface area contributed by atoms with Crippen LogP contribution >= 0.6 is 0 Å². The van der Waals surface area contributed by atoms with E-state index in [2.05, 4.69) is 4.90 Å². The Bertz CT molecular complexity index is 380. The minimum absolute atomic E-state index is 0.218. The lowest BCUT2D eigenvalue weighted by Gasteiger charge is -2.26. The zero-order valence-corrected chi connectivity index (χ0v) is 10.3. The first-order valence-corrected chi connectivity index (χ1v) is 6.12. The van der Waals surface area contributed by atoms with Crippen molar-refractivity contribution in [2.45, 2.75) is 6.61 Å². The molecule has 0 atom stereocenters. The van der Waals surface area contributed by atoms with Crippen LogP contribution in [-0.2, 0) is 11.3 Å². The van der Waals surface area contributed by atoms with Gasteiger partial charge < -0.3 is 14.6 Å². The summed E-state index contributed by atoms with van der Waals surface area (Å²) in [5.74, 6) is 0.187. The van der Waals surface area contributed by atoms with E-state index in [-0.39, 0.29) is 12.4 Å². The molecule has 1 aliphatic rings. The predicted molar refractivity (Wildman–Crippen MR) is 65.1 cm³/mol. The third-order valence-corrected chi connectivity index (χ3v) is 2.96. The summed E-state index contributed by atoms with van der Waals surface area (Å²) in [6.07, 6.45) is 0. The Morgan fingerprint density at radius 3 is 2.83 bits per heavy atom. The molecule has 1 aliphatic heterocycles. The first-order valence-electron chi connectivity index (χ1n) is 6.12. The van der Waals surface area contributed by atoms with Crippen LogP contribution in [0.25, 0.3) is 0 Å². The molecular formula is C13H18FNO3. The van der Waals surface area contributed by atoms with Gasteiger partial charge in [0, 0.05) is 25.2 Å². The predicted octanol–water partition coefficient (Wildman–Crippen LogP) is 1.03. The molecule has 4 nitrogen and oxygen atoms in total. The van der Waals surface area contributed by atoms with Crippen molar-refractivity contribution in [3.63, 3.8) is 0 Å². The fourth-order valence-corrected chi connectivity index (χ4v) is 1.92. The molecule has 0 radical (unpaired) electrons. The zero-order valence-electron chi connectivity index (χ0n) is 10.3.